The van der Waals surface area contributed by atoms with Crippen LogP contribution in [0.5, 0.6) is 0 Å². The number of hydrogen-bond acceptors (Lipinski definition) is 5. The Morgan fingerprint density at radius 1 is 1.07 bits per heavy atom. The van der Waals surface area contributed by atoms with Crippen LogP contribution in [0.1, 0.15) is 96.2 Å². The van der Waals surface area contributed by atoms with Gasteiger partial charge in [-0.1, -0.05) is 56.3 Å². The number of aromatic nitrogens is 3. The van der Waals surface area contributed by atoms with E-state index in [1.807, 2.05) is 29.1 Å². The minimum absolute atomic E-state index is 0.102. The van der Waals surface area contributed by atoms with E-state index in [9.17, 15) is 20.1 Å². The lowest BCUT2D eigenvalue weighted by Gasteiger charge is -2.63. The van der Waals surface area contributed by atoms with Crippen LogP contribution >= 0.6 is 0 Å². The summed E-state index contributed by atoms with van der Waals surface area (Å²) in [6, 6.07) is 10.2. The van der Waals surface area contributed by atoms with E-state index in [2.05, 4.69) is 43.2 Å². The molecule has 10 atom stereocenters. The van der Waals surface area contributed by atoms with E-state index in [4.69, 9.17) is 0 Å². The minimum atomic E-state index is -1.01. The van der Waals surface area contributed by atoms with E-state index in [1.54, 1.807) is 0 Å². The minimum Gasteiger partial charge on any atom is -0.481 e. The van der Waals surface area contributed by atoms with E-state index in [0.717, 1.165) is 50.5 Å². The van der Waals surface area contributed by atoms with Gasteiger partial charge in [0.05, 0.1) is 18.8 Å². The van der Waals surface area contributed by atoms with Gasteiger partial charge in [-0.15, -0.1) is 5.10 Å². The number of aliphatic carboxylic acids is 1. The maximum atomic E-state index is 11.9. The van der Waals surface area contributed by atoms with Gasteiger partial charge >= 0.3 is 5.97 Å². The number of benzene rings is 1. The third-order valence-electron chi connectivity index (χ3n) is 12.5. The van der Waals surface area contributed by atoms with Crippen molar-refractivity contribution in [2.24, 2.45) is 46.3 Å². The van der Waals surface area contributed by atoms with Crippen molar-refractivity contribution in [1.29, 1.82) is 0 Å². The second-order valence-corrected chi connectivity index (χ2v) is 14.5. The summed E-state index contributed by atoms with van der Waals surface area (Å²) in [5, 5.41) is 41.7. The third-order valence-corrected chi connectivity index (χ3v) is 12.5. The van der Waals surface area contributed by atoms with Crippen molar-refractivity contribution in [1.82, 2.24) is 15.0 Å². The van der Waals surface area contributed by atoms with E-state index in [0.29, 0.717) is 54.7 Å². The van der Waals surface area contributed by atoms with Gasteiger partial charge in [-0.3, -0.25) is 4.79 Å². The molecule has 0 amide bonds. The first-order valence-corrected chi connectivity index (χ1v) is 15.6. The monoisotopic (exact) mass is 549 g/mol. The number of carboxylic acid groups (broad SMARTS) is 1. The lowest BCUT2D eigenvalue weighted by molar-refractivity contribution is -0.191. The van der Waals surface area contributed by atoms with Crippen molar-refractivity contribution >= 4 is 5.97 Å². The normalized spacial score (nSPS) is 41.5. The van der Waals surface area contributed by atoms with Gasteiger partial charge in [0.2, 0.25) is 0 Å². The highest BCUT2D eigenvalue weighted by Gasteiger charge is 2.64. The van der Waals surface area contributed by atoms with E-state index in [1.165, 1.54) is 0 Å². The Labute approximate surface area is 238 Å². The summed E-state index contributed by atoms with van der Waals surface area (Å²) in [5.74, 6) is 1.73. The fraction of sp³-hybridized carbons (Fsp3) is 0.727. The first kappa shape index (κ1) is 27.9. The summed E-state index contributed by atoms with van der Waals surface area (Å²) in [6.45, 7) is 7.77. The van der Waals surface area contributed by atoms with Crippen LogP contribution in [0.25, 0.3) is 0 Å². The van der Waals surface area contributed by atoms with Crippen LogP contribution in [-0.2, 0) is 16.9 Å². The Morgan fingerprint density at radius 3 is 2.58 bits per heavy atom. The number of aliphatic hydroxyl groups excluding tert-OH is 1. The van der Waals surface area contributed by atoms with Crippen molar-refractivity contribution in [3.8, 4) is 0 Å². The SMILES string of the molecule is C[C@H](CCC(=O)O)[C@H]1CC[C@H]2[C@@H]3[C@H](O)C[C@@H]4C[C@@](O)(c5cn(Cc6ccccc6)nn5)CC[C@]4(C)[C@H]3CC[C@]12C. The topological polar surface area (TPSA) is 108 Å². The predicted molar refractivity (Wildman–Crippen MR) is 152 cm³/mol. The van der Waals surface area contributed by atoms with Crippen LogP contribution in [0.15, 0.2) is 36.5 Å². The molecule has 7 nitrogen and oxygen atoms in total. The molecular formula is C33H47N3O4. The van der Waals surface area contributed by atoms with Crippen LogP contribution in [0, 0.1) is 46.3 Å². The van der Waals surface area contributed by atoms with Crippen LogP contribution < -0.4 is 0 Å². The largest absolute Gasteiger partial charge is 0.481 e. The molecule has 4 saturated carbocycles. The fourth-order valence-corrected chi connectivity index (χ4v) is 10.3. The van der Waals surface area contributed by atoms with Crippen LogP contribution in [-0.4, -0.2) is 42.4 Å². The zero-order valence-corrected chi connectivity index (χ0v) is 24.4. The molecule has 6 rings (SSSR count). The smallest absolute Gasteiger partial charge is 0.303 e. The molecule has 0 spiro atoms. The average molecular weight is 550 g/mol. The van der Waals surface area contributed by atoms with Crippen molar-refractivity contribution < 1.29 is 20.1 Å². The molecule has 4 aliphatic carbocycles. The van der Waals surface area contributed by atoms with Crippen molar-refractivity contribution in [3.05, 3.63) is 47.8 Å². The van der Waals surface area contributed by atoms with E-state index < -0.39 is 11.6 Å². The molecule has 0 radical (unpaired) electrons. The Kier molecular flexibility index (Phi) is 7.14. The predicted octanol–water partition coefficient (Wildman–Crippen LogP) is 5.64. The highest BCUT2D eigenvalue weighted by Crippen LogP contribution is 2.69. The quantitative estimate of drug-likeness (QED) is 0.412. The second kappa shape index (κ2) is 10.2. The summed E-state index contributed by atoms with van der Waals surface area (Å²) in [7, 11) is 0. The van der Waals surface area contributed by atoms with Crippen LogP contribution in [0.2, 0.25) is 0 Å². The molecule has 2 aromatic rings. The van der Waals surface area contributed by atoms with Crippen molar-refractivity contribution in [2.45, 2.75) is 103 Å². The Morgan fingerprint density at radius 2 is 1.82 bits per heavy atom. The molecule has 1 heterocycles. The van der Waals surface area contributed by atoms with Gasteiger partial charge in [0.25, 0.3) is 0 Å². The maximum Gasteiger partial charge on any atom is 0.303 e. The number of carboxylic acids is 1. The average Bonchev–Trinajstić information content (AvgIpc) is 3.54. The highest BCUT2D eigenvalue weighted by molar-refractivity contribution is 5.66. The van der Waals surface area contributed by atoms with Crippen molar-refractivity contribution in [3.63, 3.8) is 0 Å². The first-order valence-electron chi connectivity index (χ1n) is 15.6. The fourth-order valence-electron chi connectivity index (χ4n) is 10.3. The van der Waals surface area contributed by atoms with Gasteiger partial charge in [0.15, 0.2) is 0 Å². The lowest BCUT2D eigenvalue weighted by Crippen LogP contribution is -2.59. The van der Waals surface area contributed by atoms with Gasteiger partial charge in [0, 0.05) is 6.42 Å². The molecule has 0 saturated heterocycles. The molecule has 0 bridgehead atoms. The summed E-state index contributed by atoms with van der Waals surface area (Å²) >= 11 is 0. The Hall–Kier alpha value is -2.25. The number of fused-ring (bicyclic) bond motifs is 5. The molecule has 0 unspecified atom stereocenters. The molecule has 4 aliphatic rings. The third kappa shape index (κ3) is 4.61. The molecule has 1 aromatic carbocycles. The number of carbonyl (C=O) groups is 1. The summed E-state index contributed by atoms with van der Waals surface area (Å²) < 4.78 is 1.82. The molecule has 40 heavy (non-hydrogen) atoms. The summed E-state index contributed by atoms with van der Waals surface area (Å²) in [4.78, 5) is 11.2. The summed E-state index contributed by atoms with van der Waals surface area (Å²) in [6.07, 6.45) is 10.1. The van der Waals surface area contributed by atoms with Gasteiger partial charge < -0.3 is 15.3 Å². The molecule has 3 N–H and O–H groups in total. The number of hydrogen-bond donors (Lipinski definition) is 3. The molecule has 0 aliphatic heterocycles. The number of nitrogens with zero attached hydrogens (tertiary/aromatic N) is 3. The van der Waals surface area contributed by atoms with Gasteiger partial charge in [-0.05, 0) is 110 Å². The highest BCUT2D eigenvalue weighted by atomic mass is 16.4. The standard InChI is InChI=1S/C33H47N3O4/c1-21(9-12-29(38)39)24-10-11-25-30-26(13-14-32(24,25)3)31(2)15-16-33(40,18-23(31)17-27(30)37)28-20-36(35-34-28)19-22-7-5-4-6-8-22/h4-8,20-21,23-27,30,37,40H,9-19H2,1-3H3,(H,38,39)/t21-,23-,24-,25+,26+,27-,30+,31+,32-,33-/m1/s1. The summed E-state index contributed by atoms with van der Waals surface area (Å²) in [5.41, 5.74) is 1.08. The lowest BCUT2D eigenvalue weighted by atomic mass is 9.43. The van der Waals surface area contributed by atoms with Gasteiger partial charge in [-0.2, -0.15) is 0 Å². The van der Waals surface area contributed by atoms with Crippen LogP contribution in [0.4, 0.5) is 0 Å². The molecule has 7 heteroatoms. The molecule has 4 fully saturated rings. The molecular weight excluding hydrogens is 502 g/mol. The number of rotatable bonds is 7. The zero-order chi connectivity index (χ0) is 28.3. The van der Waals surface area contributed by atoms with Gasteiger partial charge in [0.1, 0.15) is 11.3 Å². The Balaban J connectivity index is 1.18. The van der Waals surface area contributed by atoms with Crippen LogP contribution in [0.3, 0.4) is 0 Å². The first-order chi connectivity index (χ1) is 19.0. The van der Waals surface area contributed by atoms with E-state index in [-0.39, 0.29) is 29.3 Å². The molecule has 218 valence electrons. The van der Waals surface area contributed by atoms with Crippen molar-refractivity contribution in [2.75, 3.05) is 0 Å². The molecule has 1 aromatic heterocycles. The number of aliphatic hydroxyl groups is 2. The van der Waals surface area contributed by atoms with Gasteiger partial charge in [-0.25, -0.2) is 4.68 Å². The Bertz CT molecular complexity index is 1220. The van der Waals surface area contributed by atoms with E-state index >= 15 is 0 Å². The second-order valence-electron chi connectivity index (χ2n) is 14.5. The zero-order valence-electron chi connectivity index (χ0n) is 24.4. The maximum absolute atomic E-state index is 11.9.